The highest BCUT2D eigenvalue weighted by atomic mass is 35.5. The number of carbonyl (C=O) groups excluding carboxylic acids is 1. The lowest BCUT2D eigenvalue weighted by atomic mass is 9.86. The quantitative estimate of drug-likeness (QED) is 0.115. The minimum Gasteiger partial charge on any atom is -0.375 e. The van der Waals surface area contributed by atoms with Crippen molar-refractivity contribution in [2.75, 3.05) is 63.8 Å². The molecule has 0 spiro atoms. The van der Waals surface area contributed by atoms with Crippen LogP contribution in [0.2, 0.25) is 0 Å². The number of carbonyl (C=O) groups is 1. The summed E-state index contributed by atoms with van der Waals surface area (Å²) in [6.07, 6.45) is 13.4. The number of Topliss-reactive ketones (excluding diaryl/α,β-unsaturated/α-hetero) is 1. The predicted molar refractivity (Wildman–Crippen MR) is 248 cm³/mol. The smallest absolute Gasteiger partial charge is 0.180 e. The first-order valence-corrected chi connectivity index (χ1v) is 24.1. The van der Waals surface area contributed by atoms with Crippen LogP contribution in [0.3, 0.4) is 0 Å². The van der Waals surface area contributed by atoms with Crippen molar-refractivity contribution in [3.63, 3.8) is 0 Å². The number of aromatic nitrogens is 2. The van der Waals surface area contributed by atoms with E-state index in [2.05, 4.69) is 104 Å². The van der Waals surface area contributed by atoms with Gasteiger partial charge in [0, 0.05) is 34.9 Å². The van der Waals surface area contributed by atoms with Crippen LogP contribution >= 0.6 is 35.1 Å². The number of ketones is 1. The monoisotopic (exact) mass is 858 g/mol. The Morgan fingerprint density at radius 1 is 0.661 bits per heavy atom. The number of anilines is 2. The Hall–Kier alpha value is -2.90. The number of rotatable bonds is 16. The number of aryl methyl sites for hydroxylation is 2. The van der Waals surface area contributed by atoms with Gasteiger partial charge in [-0.3, -0.25) is 24.4 Å². The molecule has 0 amide bonds. The van der Waals surface area contributed by atoms with Crippen molar-refractivity contribution in [3.8, 4) is 0 Å². The van der Waals surface area contributed by atoms with E-state index < -0.39 is 0 Å². The maximum atomic E-state index is 15.4. The zero-order chi connectivity index (χ0) is 40.0. The summed E-state index contributed by atoms with van der Waals surface area (Å²) in [7, 11) is 0. The summed E-state index contributed by atoms with van der Waals surface area (Å²) in [6.45, 7) is 13.0. The van der Waals surface area contributed by atoms with E-state index in [1.165, 1.54) is 34.0 Å². The zero-order valence-corrected chi connectivity index (χ0v) is 37.8. The van der Waals surface area contributed by atoms with Gasteiger partial charge in [-0.15, -0.1) is 35.1 Å². The number of thiazole rings is 2. The second-order valence-electron chi connectivity index (χ2n) is 17.6. The molecular weight excluding hydrogens is 792 g/mol. The summed E-state index contributed by atoms with van der Waals surface area (Å²) in [6, 6.07) is 22.0. The molecular formula is C47H67ClN8OS2. The molecule has 4 aliphatic rings. The van der Waals surface area contributed by atoms with Gasteiger partial charge in [-0.1, -0.05) is 74.5 Å². The summed E-state index contributed by atoms with van der Waals surface area (Å²) in [5.41, 5.74) is 16.9. The number of halogens is 1. The highest BCUT2D eigenvalue weighted by Crippen LogP contribution is 2.38. The van der Waals surface area contributed by atoms with Gasteiger partial charge < -0.3 is 11.5 Å². The number of nitrogen functional groups attached to an aromatic ring is 2. The fourth-order valence-corrected chi connectivity index (χ4v) is 12.7. The third-order valence-corrected chi connectivity index (χ3v) is 15.6. The first-order valence-electron chi connectivity index (χ1n) is 22.4. The van der Waals surface area contributed by atoms with Crippen molar-refractivity contribution in [2.45, 2.75) is 115 Å². The molecule has 4 heterocycles. The van der Waals surface area contributed by atoms with Crippen LogP contribution in [0.4, 0.5) is 10.3 Å². The van der Waals surface area contributed by atoms with E-state index in [0.29, 0.717) is 40.0 Å². The van der Waals surface area contributed by atoms with Crippen LogP contribution in [0.25, 0.3) is 0 Å². The van der Waals surface area contributed by atoms with Gasteiger partial charge in [-0.25, -0.2) is 9.97 Å². The van der Waals surface area contributed by atoms with E-state index in [1.54, 1.807) is 22.7 Å². The Morgan fingerprint density at radius 2 is 1.05 bits per heavy atom. The van der Waals surface area contributed by atoms with Crippen molar-refractivity contribution in [1.29, 1.82) is 0 Å². The van der Waals surface area contributed by atoms with Crippen molar-refractivity contribution in [2.24, 2.45) is 11.8 Å². The normalized spacial score (nSPS) is 21.8. The number of benzene rings is 2. The van der Waals surface area contributed by atoms with Crippen LogP contribution in [0.1, 0.15) is 110 Å². The summed E-state index contributed by atoms with van der Waals surface area (Å²) in [5, 5.41) is 1.43. The molecule has 0 radical (unpaired) electrons. The molecule has 59 heavy (non-hydrogen) atoms. The van der Waals surface area contributed by atoms with Gasteiger partial charge >= 0.3 is 0 Å². The molecule has 2 saturated heterocycles. The molecule has 8 rings (SSSR count). The average Bonchev–Trinajstić information content (AvgIpc) is 3.82. The number of hydrogen-bond acceptors (Lipinski definition) is 11. The number of piperidine rings is 2. The molecule has 12 heteroatoms. The minimum atomic E-state index is -0.262. The lowest BCUT2D eigenvalue weighted by Gasteiger charge is -2.44. The van der Waals surface area contributed by atoms with Gasteiger partial charge in [-0.05, 0) is 139 Å². The maximum absolute atomic E-state index is 15.4. The average molecular weight is 860 g/mol. The molecule has 2 aromatic heterocycles. The SMILES string of the molecule is CCCN(CC1CCN([C@H](C(=O)[C@H](c2ccccc2)N2CCC(CN(CCC)C3CCc4nc(N)sc4C3)CC2)c2ccccc2)CC1)C1CCc2nc(N)sc2C1.Cl. The Bertz CT molecular complexity index is 1770. The summed E-state index contributed by atoms with van der Waals surface area (Å²) in [4.78, 5) is 38.0. The molecule has 0 bridgehead atoms. The lowest BCUT2D eigenvalue weighted by molar-refractivity contribution is -0.131. The summed E-state index contributed by atoms with van der Waals surface area (Å²) < 4.78 is 0. The van der Waals surface area contributed by atoms with Crippen molar-refractivity contribution >= 4 is 51.1 Å². The minimum absolute atomic E-state index is 0. The van der Waals surface area contributed by atoms with Gasteiger partial charge in [0.05, 0.1) is 23.5 Å². The highest BCUT2D eigenvalue weighted by Gasteiger charge is 2.40. The second-order valence-corrected chi connectivity index (χ2v) is 19.8. The van der Waals surface area contributed by atoms with E-state index >= 15 is 4.79 Å². The molecule has 0 saturated carbocycles. The van der Waals surface area contributed by atoms with Gasteiger partial charge in [0.2, 0.25) is 0 Å². The standard InChI is InChI=1S/C47H66N8OS2.ClH/c1-3-23-54(37-15-17-39-41(29-37)57-46(48)50-39)31-33-19-25-52(26-20-33)43(35-11-7-5-8-12-35)45(56)44(36-13-9-6-10-14-36)53-27-21-34(22-28-53)32-55(24-4-2)38-16-18-40-42(30-38)58-47(49)51-40;/h5-14,33-34,37-38,43-44H,3-4,15-32H2,1-2H3,(H2,48,50)(H2,49,51);1H/t37?,38?,43-,44-;/m0./s1. The number of nitrogens with zero attached hydrogens (tertiary/aromatic N) is 6. The first-order chi connectivity index (χ1) is 28.4. The number of nitrogens with two attached hydrogens (primary N) is 2. The van der Waals surface area contributed by atoms with Gasteiger partial charge in [0.1, 0.15) is 0 Å². The van der Waals surface area contributed by atoms with E-state index in [1.807, 2.05) is 0 Å². The van der Waals surface area contributed by atoms with Crippen LogP contribution in [0, 0.1) is 11.8 Å². The molecule has 2 aliphatic carbocycles. The van der Waals surface area contributed by atoms with E-state index in [-0.39, 0.29) is 24.5 Å². The van der Waals surface area contributed by atoms with Gasteiger partial charge in [-0.2, -0.15) is 0 Å². The van der Waals surface area contributed by atoms with Crippen LogP contribution in [0.15, 0.2) is 60.7 Å². The van der Waals surface area contributed by atoms with E-state index in [4.69, 9.17) is 11.5 Å². The molecule has 2 aromatic carbocycles. The van der Waals surface area contributed by atoms with Crippen LogP contribution in [-0.2, 0) is 30.5 Å². The van der Waals surface area contributed by atoms with Crippen LogP contribution in [0.5, 0.6) is 0 Å². The molecule has 4 N–H and O–H groups in total. The molecule has 2 aliphatic heterocycles. The Morgan fingerprint density at radius 3 is 1.42 bits per heavy atom. The Labute approximate surface area is 367 Å². The third kappa shape index (κ3) is 10.6. The number of fused-ring (bicyclic) bond motifs is 2. The van der Waals surface area contributed by atoms with Crippen LogP contribution < -0.4 is 11.5 Å². The van der Waals surface area contributed by atoms with Crippen molar-refractivity contribution in [1.82, 2.24) is 29.6 Å². The third-order valence-electron chi connectivity index (χ3n) is 13.7. The van der Waals surface area contributed by atoms with E-state index in [0.717, 1.165) is 128 Å². The fraction of sp³-hybridized carbons (Fsp3) is 0.596. The molecule has 9 nitrogen and oxygen atoms in total. The van der Waals surface area contributed by atoms with Crippen molar-refractivity contribution < 1.29 is 4.79 Å². The molecule has 320 valence electrons. The molecule has 2 fully saturated rings. The van der Waals surface area contributed by atoms with E-state index in [9.17, 15) is 0 Å². The Kier molecular flexibility index (Phi) is 15.6. The molecule has 4 aromatic rings. The second kappa shape index (κ2) is 20.8. The highest BCUT2D eigenvalue weighted by molar-refractivity contribution is 7.15. The van der Waals surface area contributed by atoms with Crippen molar-refractivity contribution in [3.05, 3.63) is 92.9 Å². The van der Waals surface area contributed by atoms with Gasteiger partial charge in [0.25, 0.3) is 0 Å². The fourth-order valence-electron chi connectivity index (χ4n) is 10.8. The molecule has 2 unspecified atom stereocenters. The number of hydrogen-bond donors (Lipinski definition) is 2. The topological polar surface area (TPSA) is 108 Å². The molecule has 4 atom stereocenters. The zero-order valence-electron chi connectivity index (χ0n) is 35.4. The first kappa shape index (κ1) is 44.2. The summed E-state index contributed by atoms with van der Waals surface area (Å²) in [5.74, 6) is 1.60. The summed E-state index contributed by atoms with van der Waals surface area (Å²) >= 11 is 3.38. The lowest BCUT2D eigenvalue weighted by Crippen LogP contribution is -2.49. The van der Waals surface area contributed by atoms with Crippen LogP contribution in [-0.4, -0.2) is 99.8 Å². The largest absolute Gasteiger partial charge is 0.375 e. The maximum Gasteiger partial charge on any atom is 0.180 e. The Balaban J connectivity index is 0.00000528. The number of likely N-dealkylation sites (tertiary alicyclic amines) is 2. The predicted octanol–water partition coefficient (Wildman–Crippen LogP) is 8.50. The van der Waals surface area contributed by atoms with Gasteiger partial charge in [0.15, 0.2) is 16.0 Å².